The molecule has 2 saturated carbocycles. The summed E-state index contributed by atoms with van der Waals surface area (Å²) in [4.78, 5) is 11.2. The summed E-state index contributed by atoms with van der Waals surface area (Å²) >= 11 is 0. The zero-order valence-electron chi connectivity index (χ0n) is 7.88. The first-order valence-electron chi connectivity index (χ1n) is 5.29. The van der Waals surface area contributed by atoms with Gasteiger partial charge in [-0.15, -0.1) is 0 Å². The molecule has 2 fully saturated rings. The van der Waals surface area contributed by atoms with Gasteiger partial charge in [0.05, 0.1) is 0 Å². The van der Waals surface area contributed by atoms with Crippen molar-refractivity contribution < 1.29 is 4.79 Å². The van der Waals surface area contributed by atoms with Gasteiger partial charge in [0.25, 0.3) is 0 Å². The van der Waals surface area contributed by atoms with Crippen LogP contribution < -0.4 is 0 Å². The molecule has 0 aromatic rings. The second-order valence-electron chi connectivity index (χ2n) is 4.61. The SMILES string of the molecule is C[C@H]1CCC[C@@H]2CC(=O)CC[C@@H]21. The van der Waals surface area contributed by atoms with E-state index in [-0.39, 0.29) is 0 Å². The second-order valence-corrected chi connectivity index (χ2v) is 4.61. The van der Waals surface area contributed by atoms with Crippen LogP contribution in [0.4, 0.5) is 0 Å². The van der Waals surface area contributed by atoms with Crippen LogP contribution in [0.5, 0.6) is 0 Å². The third-order valence-electron chi connectivity index (χ3n) is 3.82. The summed E-state index contributed by atoms with van der Waals surface area (Å²) in [5.74, 6) is 3.05. The predicted molar refractivity (Wildman–Crippen MR) is 48.9 cm³/mol. The number of hydrogen-bond acceptors (Lipinski definition) is 1. The fraction of sp³-hybridized carbons (Fsp3) is 0.909. The van der Waals surface area contributed by atoms with E-state index in [1.54, 1.807) is 0 Å². The van der Waals surface area contributed by atoms with Gasteiger partial charge in [0.15, 0.2) is 0 Å². The number of Topliss-reactive ketones (excluding diaryl/α,β-unsaturated/α-hetero) is 1. The van der Waals surface area contributed by atoms with Crippen molar-refractivity contribution in [3.8, 4) is 0 Å². The van der Waals surface area contributed by atoms with Gasteiger partial charge in [-0.3, -0.25) is 4.79 Å². The minimum absolute atomic E-state index is 0.519. The molecule has 0 saturated heterocycles. The Morgan fingerprint density at radius 2 is 2.08 bits per heavy atom. The molecule has 0 amide bonds. The summed E-state index contributed by atoms with van der Waals surface area (Å²) in [5, 5.41) is 0. The quantitative estimate of drug-likeness (QED) is 0.541. The lowest BCUT2D eigenvalue weighted by Crippen LogP contribution is -2.32. The molecule has 3 atom stereocenters. The summed E-state index contributed by atoms with van der Waals surface area (Å²) in [6, 6.07) is 0. The molecule has 2 aliphatic carbocycles. The third-order valence-corrected chi connectivity index (χ3v) is 3.82. The van der Waals surface area contributed by atoms with Gasteiger partial charge in [-0.25, -0.2) is 0 Å². The van der Waals surface area contributed by atoms with Gasteiger partial charge in [0.1, 0.15) is 5.78 Å². The topological polar surface area (TPSA) is 17.1 Å². The lowest BCUT2D eigenvalue weighted by molar-refractivity contribution is -0.123. The number of carbonyl (C=O) groups is 1. The van der Waals surface area contributed by atoms with E-state index >= 15 is 0 Å². The van der Waals surface area contributed by atoms with E-state index in [1.165, 1.54) is 25.7 Å². The Morgan fingerprint density at radius 3 is 2.92 bits per heavy atom. The largest absolute Gasteiger partial charge is 0.300 e. The van der Waals surface area contributed by atoms with Crippen LogP contribution in [0.2, 0.25) is 0 Å². The van der Waals surface area contributed by atoms with Gasteiger partial charge in [0.2, 0.25) is 0 Å². The lowest BCUT2D eigenvalue weighted by atomic mass is 9.66. The van der Waals surface area contributed by atoms with Crippen LogP contribution in [-0.4, -0.2) is 5.78 Å². The molecule has 12 heavy (non-hydrogen) atoms. The summed E-state index contributed by atoms with van der Waals surface area (Å²) in [6.07, 6.45) is 7.02. The maximum absolute atomic E-state index is 11.2. The number of fused-ring (bicyclic) bond motifs is 1. The maximum Gasteiger partial charge on any atom is 0.133 e. The minimum atomic E-state index is 0.519. The Kier molecular flexibility index (Phi) is 2.20. The molecule has 0 radical (unpaired) electrons. The molecular formula is C11H18O. The molecule has 0 spiro atoms. The fourth-order valence-electron chi connectivity index (χ4n) is 3.09. The van der Waals surface area contributed by atoms with Crippen LogP contribution in [-0.2, 0) is 4.79 Å². The molecule has 0 unspecified atom stereocenters. The monoisotopic (exact) mass is 166 g/mol. The Balaban J connectivity index is 2.04. The minimum Gasteiger partial charge on any atom is -0.300 e. The maximum atomic E-state index is 11.2. The van der Waals surface area contributed by atoms with Crippen LogP contribution in [0.15, 0.2) is 0 Å². The highest BCUT2D eigenvalue weighted by atomic mass is 16.1. The van der Waals surface area contributed by atoms with E-state index in [1.807, 2.05) is 0 Å². The van der Waals surface area contributed by atoms with Crippen molar-refractivity contribution in [2.75, 3.05) is 0 Å². The molecule has 2 rings (SSSR count). The Bertz CT molecular complexity index is 185. The summed E-state index contributed by atoms with van der Waals surface area (Å²) in [5.41, 5.74) is 0. The van der Waals surface area contributed by atoms with Crippen LogP contribution in [0.3, 0.4) is 0 Å². The average molecular weight is 166 g/mol. The highest BCUT2D eigenvalue weighted by Gasteiger charge is 2.34. The van der Waals surface area contributed by atoms with Crippen molar-refractivity contribution in [2.24, 2.45) is 17.8 Å². The number of ketones is 1. The first-order chi connectivity index (χ1) is 5.77. The van der Waals surface area contributed by atoms with Crippen molar-refractivity contribution in [3.05, 3.63) is 0 Å². The fourth-order valence-corrected chi connectivity index (χ4v) is 3.09. The standard InChI is InChI=1S/C11H18O/c1-8-3-2-4-9-7-10(12)5-6-11(8)9/h8-9,11H,2-7H2,1H3/t8-,9+,11+/m0/s1. The van der Waals surface area contributed by atoms with Crippen molar-refractivity contribution in [2.45, 2.75) is 45.4 Å². The number of carbonyl (C=O) groups excluding carboxylic acids is 1. The predicted octanol–water partition coefficient (Wildman–Crippen LogP) is 2.79. The molecule has 2 aliphatic rings. The van der Waals surface area contributed by atoms with E-state index < -0.39 is 0 Å². The molecule has 0 aromatic carbocycles. The van der Waals surface area contributed by atoms with Crippen molar-refractivity contribution >= 4 is 5.78 Å². The summed E-state index contributed by atoms with van der Waals surface area (Å²) in [6.45, 7) is 2.37. The molecule has 0 aromatic heterocycles. The molecular weight excluding hydrogens is 148 g/mol. The zero-order valence-corrected chi connectivity index (χ0v) is 7.88. The smallest absolute Gasteiger partial charge is 0.133 e. The van der Waals surface area contributed by atoms with E-state index in [0.29, 0.717) is 5.78 Å². The molecule has 0 N–H and O–H groups in total. The van der Waals surface area contributed by atoms with Crippen LogP contribution in [0, 0.1) is 17.8 Å². The summed E-state index contributed by atoms with van der Waals surface area (Å²) < 4.78 is 0. The number of hydrogen-bond donors (Lipinski definition) is 0. The highest BCUT2D eigenvalue weighted by molar-refractivity contribution is 5.79. The van der Waals surface area contributed by atoms with Gasteiger partial charge in [-0.1, -0.05) is 19.8 Å². The van der Waals surface area contributed by atoms with Crippen LogP contribution in [0.25, 0.3) is 0 Å². The van der Waals surface area contributed by atoms with Gasteiger partial charge < -0.3 is 0 Å². The van der Waals surface area contributed by atoms with E-state index in [4.69, 9.17) is 0 Å². The molecule has 0 heterocycles. The average Bonchev–Trinajstić information content (AvgIpc) is 2.04. The van der Waals surface area contributed by atoms with Crippen LogP contribution in [0.1, 0.15) is 45.4 Å². The van der Waals surface area contributed by atoms with Gasteiger partial charge in [-0.05, 0) is 30.6 Å². The van der Waals surface area contributed by atoms with E-state index in [2.05, 4.69) is 6.92 Å². The second kappa shape index (κ2) is 3.20. The Morgan fingerprint density at radius 1 is 1.25 bits per heavy atom. The van der Waals surface area contributed by atoms with Crippen LogP contribution >= 0.6 is 0 Å². The first-order valence-corrected chi connectivity index (χ1v) is 5.29. The van der Waals surface area contributed by atoms with Crippen molar-refractivity contribution in [1.82, 2.24) is 0 Å². The van der Waals surface area contributed by atoms with E-state index in [0.717, 1.165) is 30.6 Å². The normalized spacial score (nSPS) is 42.4. The zero-order chi connectivity index (χ0) is 8.55. The van der Waals surface area contributed by atoms with Gasteiger partial charge >= 0.3 is 0 Å². The number of rotatable bonds is 0. The third kappa shape index (κ3) is 1.41. The molecule has 0 aliphatic heterocycles. The van der Waals surface area contributed by atoms with Gasteiger partial charge in [-0.2, -0.15) is 0 Å². The van der Waals surface area contributed by atoms with Crippen molar-refractivity contribution in [3.63, 3.8) is 0 Å². The molecule has 0 bridgehead atoms. The highest BCUT2D eigenvalue weighted by Crippen LogP contribution is 2.42. The molecule has 68 valence electrons. The summed E-state index contributed by atoms with van der Waals surface area (Å²) in [7, 11) is 0. The Labute approximate surface area is 74.5 Å². The lowest BCUT2D eigenvalue weighted by Gasteiger charge is -2.39. The molecule has 1 heteroatoms. The Hall–Kier alpha value is -0.330. The first kappa shape index (κ1) is 8.28. The van der Waals surface area contributed by atoms with E-state index in [9.17, 15) is 4.79 Å². The van der Waals surface area contributed by atoms with Crippen molar-refractivity contribution in [1.29, 1.82) is 0 Å². The van der Waals surface area contributed by atoms with Gasteiger partial charge in [0, 0.05) is 12.8 Å². The molecule has 1 nitrogen and oxygen atoms in total.